The lowest BCUT2D eigenvalue weighted by molar-refractivity contribution is -0.317. The number of hydrogen-bond acceptors (Lipinski definition) is 5. The zero-order valence-corrected chi connectivity index (χ0v) is 13.6. The number of carbonyl (C=O) groups excluding carboxylic acids is 2. The molecule has 0 aromatic heterocycles. The van der Waals surface area contributed by atoms with Crippen molar-refractivity contribution in [1.29, 1.82) is 0 Å². The summed E-state index contributed by atoms with van der Waals surface area (Å²) in [7, 11) is 0. The number of hydrogen-bond donors (Lipinski definition) is 1. The van der Waals surface area contributed by atoms with E-state index in [9.17, 15) is 14.7 Å². The van der Waals surface area contributed by atoms with Gasteiger partial charge >= 0.3 is 5.97 Å². The van der Waals surface area contributed by atoms with E-state index in [1.807, 2.05) is 60.7 Å². The Morgan fingerprint density at radius 1 is 0.880 bits per heavy atom. The van der Waals surface area contributed by atoms with Crippen molar-refractivity contribution in [3.63, 3.8) is 0 Å². The molecule has 25 heavy (non-hydrogen) atoms. The minimum atomic E-state index is -1.17. The van der Waals surface area contributed by atoms with Gasteiger partial charge in [0.15, 0.2) is 0 Å². The van der Waals surface area contributed by atoms with Crippen LogP contribution in [0.5, 0.6) is 0 Å². The van der Waals surface area contributed by atoms with E-state index >= 15 is 0 Å². The van der Waals surface area contributed by atoms with E-state index in [1.54, 1.807) is 0 Å². The number of carboxylic acids is 1. The fraction of sp³-hybridized carbons (Fsp3) is 0.300. The van der Waals surface area contributed by atoms with Crippen LogP contribution in [0.15, 0.2) is 60.7 Å². The van der Waals surface area contributed by atoms with Crippen LogP contribution in [-0.2, 0) is 14.3 Å². The average molecular weight is 339 g/mol. The van der Waals surface area contributed by atoms with Gasteiger partial charge < -0.3 is 19.7 Å². The Labute approximate surface area is 145 Å². The molecule has 0 radical (unpaired) electrons. The number of aliphatic hydroxyl groups is 1. The fourth-order valence-electron chi connectivity index (χ4n) is 3.76. The highest BCUT2D eigenvalue weighted by atomic mass is 16.5. The first-order valence-corrected chi connectivity index (χ1v) is 8.23. The third kappa shape index (κ3) is 3.28. The summed E-state index contributed by atoms with van der Waals surface area (Å²) in [6, 6.07) is 18.2. The van der Waals surface area contributed by atoms with Gasteiger partial charge in [0.25, 0.3) is 0 Å². The maximum absolute atomic E-state index is 12.6. The summed E-state index contributed by atoms with van der Waals surface area (Å²) in [5.74, 6) is -4.12. The van der Waals surface area contributed by atoms with Crippen molar-refractivity contribution in [3.8, 4) is 0 Å². The lowest BCUT2D eigenvalue weighted by atomic mass is 9.52. The molecule has 1 aliphatic rings. The molecular formula is C20H19O5-. The molecule has 2 atom stereocenters. The average Bonchev–Trinajstić information content (AvgIpc) is 2.60. The van der Waals surface area contributed by atoms with Gasteiger partial charge in [0.2, 0.25) is 0 Å². The number of ether oxygens (including phenoxy) is 1. The van der Waals surface area contributed by atoms with E-state index < -0.39 is 35.6 Å². The highest BCUT2D eigenvalue weighted by molar-refractivity contribution is 5.83. The van der Waals surface area contributed by atoms with E-state index in [0.717, 1.165) is 11.1 Å². The Bertz CT molecular complexity index is 681. The number of esters is 1. The smallest absolute Gasteiger partial charge is 0.310 e. The second-order valence-corrected chi connectivity index (χ2v) is 6.13. The van der Waals surface area contributed by atoms with Crippen LogP contribution in [0.3, 0.4) is 0 Å². The van der Waals surface area contributed by atoms with Crippen molar-refractivity contribution in [2.45, 2.75) is 11.8 Å². The first kappa shape index (κ1) is 17.2. The Kier molecular flexibility index (Phi) is 5.14. The minimum Gasteiger partial charge on any atom is -0.550 e. The second kappa shape index (κ2) is 7.49. The SMILES string of the molecule is O=C([O-])C1[C@H](c2ccccc2)C(C(=O)OCCO)[C@H]1c1ccccc1. The van der Waals surface area contributed by atoms with Crippen LogP contribution in [0.25, 0.3) is 0 Å². The number of aliphatic carboxylic acids is 1. The third-order valence-corrected chi connectivity index (χ3v) is 4.80. The van der Waals surface area contributed by atoms with Gasteiger partial charge in [-0.2, -0.15) is 0 Å². The van der Waals surface area contributed by atoms with Gasteiger partial charge in [0, 0.05) is 23.7 Å². The topological polar surface area (TPSA) is 86.7 Å². The Balaban J connectivity index is 1.99. The van der Waals surface area contributed by atoms with E-state index in [0.29, 0.717) is 0 Å². The zero-order valence-electron chi connectivity index (χ0n) is 13.6. The molecule has 1 N–H and O–H groups in total. The van der Waals surface area contributed by atoms with Crippen molar-refractivity contribution < 1.29 is 24.5 Å². The number of carboxylic acid groups (broad SMARTS) is 1. The van der Waals surface area contributed by atoms with Crippen LogP contribution < -0.4 is 5.11 Å². The monoisotopic (exact) mass is 339 g/mol. The molecule has 0 bridgehead atoms. The largest absolute Gasteiger partial charge is 0.550 e. The maximum atomic E-state index is 12.6. The van der Waals surface area contributed by atoms with Crippen molar-refractivity contribution in [3.05, 3.63) is 71.8 Å². The fourth-order valence-corrected chi connectivity index (χ4v) is 3.76. The van der Waals surface area contributed by atoms with Gasteiger partial charge in [-0.3, -0.25) is 4.79 Å². The molecule has 1 saturated carbocycles. The van der Waals surface area contributed by atoms with Gasteiger partial charge in [0.05, 0.1) is 12.5 Å². The van der Waals surface area contributed by atoms with E-state index in [4.69, 9.17) is 9.84 Å². The summed E-state index contributed by atoms with van der Waals surface area (Å²) in [5, 5.41) is 20.7. The third-order valence-electron chi connectivity index (χ3n) is 4.80. The van der Waals surface area contributed by atoms with Gasteiger partial charge in [-0.25, -0.2) is 0 Å². The van der Waals surface area contributed by atoms with Crippen LogP contribution in [0.4, 0.5) is 0 Å². The van der Waals surface area contributed by atoms with Crippen LogP contribution in [-0.4, -0.2) is 30.3 Å². The predicted molar refractivity (Wildman–Crippen MR) is 88.4 cm³/mol. The lowest BCUT2D eigenvalue weighted by Crippen LogP contribution is -2.55. The number of rotatable bonds is 6. The molecule has 0 aliphatic heterocycles. The van der Waals surface area contributed by atoms with Gasteiger partial charge in [-0.15, -0.1) is 0 Å². The molecule has 130 valence electrons. The standard InChI is InChI=1S/C20H20O5/c21-11-12-25-20(24)18-15(13-7-3-1-4-8-13)17(19(22)23)16(18)14-9-5-2-6-10-14/h1-10,15-18,21H,11-12H2,(H,22,23)/p-1/t15-,16-,17?,18?/m0/s1. The molecule has 3 rings (SSSR count). The summed E-state index contributed by atoms with van der Waals surface area (Å²) < 4.78 is 5.12. The lowest BCUT2D eigenvalue weighted by Gasteiger charge is -2.51. The van der Waals surface area contributed by atoms with Crippen LogP contribution >= 0.6 is 0 Å². The molecular weight excluding hydrogens is 320 g/mol. The van der Waals surface area contributed by atoms with Gasteiger partial charge in [0.1, 0.15) is 6.61 Å². The van der Waals surface area contributed by atoms with Crippen molar-refractivity contribution in [2.75, 3.05) is 13.2 Å². The van der Waals surface area contributed by atoms with E-state index in [-0.39, 0.29) is 13.2 Å². The number of aliphatic hydroxyl groups excluding tert-OH is 1. The molecule has 1 aliphatic carbocycles. The Morgan fingerprint density at radius 3 is 1.76 bits per heavy atom. The molecule has 2 aromatic carbocycles. The first-order valence-electron chi connectivity index (χ1n) is 8.23. The van der Waals surface area contributed by atoms with Crippen LogP contribution in [0, 0.1) is 11.8 Å². The van der Waals surface area contributed by atoms with E-state index in [1.165, 1.54) is 0 Å². The minimum absolute atomic E-state index is 0.103. The van der Waals surface area contributed by atoms with Crippen molar-refractivity contribution in [2.24, 2.45) is 11.8 Å². The molecule has 1 fully saturated rings. The molecule has 5 nitrogen and oxygen atoms in total. The molecule has 0 unspecified atom stereocenters. The summed E-state index contributed by atoms with van der Waals surface area (Å²) in [5.41, 5.74) is 1.55. The van der Waals surface area contributed by atoms with E-state index in [2.05, 4.69) is 0 Å². The molecule has 5 heteroatoms. The molecule has 0 amide bonds. The molecule has 2 aromatic rings. The first-order chi connectivity index (χ1) is 12.1. The number of carbonyl (C=O) groups is 2. The molecule has 0 saturated heterocycles. The van der Waals surface area contributed by atoms with Crippen molar-refractivity contribution in [1.82, 2.24) is 0 Å². The molecule has 0 spiro atoms. The summed E-state index contributed by atoms with van der Waals surface area (Å²) >= 11 is 0. The van der Waals surface area contributed by atoms with Gasteiger partial charge in [-0.1, -0.05) is 60.7 Å². The Morgan fingerprint density at radius 2 is 1.36 bits per heavy atom. The quantitative estimate of drug-likeness (QED) is 0.796. The highest BCUT2D eigenvalue weighted by Gasteiger charge is 2.56. The van der Waals surface area contributed by atoms with Crippen LogP contribution in [0.1, 0.15) is 23.0 Å². The summed E-state index contributed by atoms with van der Waals surface area (Å²) in [6.45, 7) is -0.372. The normalized spacial score (nSPS) is 25.0. The van der Waals surface area contributed by atoms with Crippen LogP contribution in [0.2, 0.25) is 0 Å². The highest BCUT2D eigenvalue weighted by Crippen LogP contribution is 2.57. The summed E-state index contributed by atoms with van der Waals surface area (Å²) in [4.78, 5) is 24.4. The maximum Gasteiger partial charge on any atom is 0.310 e. The number of benzene rings is 2. The summed E-state index contributed by atoms with van der Waals surface area (Å²) in [6.07, 6.45) is 0. The Hall–Kier alpha value is -2.66. The second-order valence-electron chi connectivity index (χ2n) is 6.13. The zero-order chi connectivity index (χ0) is 17.8. The predicted octanol–water partition coefficient (Wildman–Crippen LogP) is 1.09. The van der Waals surface area contributed by atoms with Gasteiger partial charge in [-0.05, 0) is 11.1 Å². The molecule has 0 heterocycles. The van der Waals surface area contributed by atoms with Crippen molar-refractivity contribution >= 4 is 11.9 Å².